The molecule has 0 aliphatic carbocycles. The van der Waals surface area contributed by atoms with E-state index in [4.69, 9.17) is 5.73 Å². The molecule has 1 heterocycles. The van der Waals surface area contributed by atoms with Gasteiger partial charge in [-0.25, -0.2) is 0 Å². The molecule has 0 aromatic rings. The molecule has 5 heteroatoms. The number of nitrogens with two attached hydrogens (primary N) is 1. The molecule has 66 valence electrons. The van der Waals surface area contributed by atoms with Crippen molar-refractivity contribution in [1.29, 1.82) is 0 Å². The molecule has 2 nitrogen and oxygen atoms in total. The third-order valence-corrected chi connectivity index (χ3v) is 1.86. The van der Waals surface area contributed by atoms with Gasteiger partial charge in [-0.2, -0.15) is 13.2 Å². The molecule has 0 radical (unpaired) electrons. The van der Waals surface area contributed by atoms with Gasteiger partial charge < -0.3 is 11.1 Å². The molecule has 0 aromatic heterocycles. The highest BCUT2D eigenvalue weighted by atomic mass is 19.4. The second-order valence-electron chi connectivity index (χ2n) is 2.78. The summed E-state index contributed by atoms with van der Waals surface area (Å²) in [5.41, 5.74) is 5.28. The molecule has 0 saturated carbocycles. The first-order valence-corrected chi connectivity index (χ1v) is 3.57. The summed E-state index contributed by atoms with van der Waals surface area (Å²) in [6.07, 6.45) is -3.01. The molecule has 1 rings (SSSR count). The summed E-state index contributed by atoms with van der Waals surface area (Å²) >= 11 is 0. The zero-order chi connectivity index (χ0) is 8.48. The second-order valence-corrected chi connectivity index (χ2v) is 2.78. The maximum absolute atomic E-state index is 12.0. The molecule has 2 unspecified atom stereocenters. The number of hydrogen-bond acceptors (Lipinski definition) is 2. The van der Waals surface area contributed by atoms with Gasteiger partial charge in [-0.15, -0.1) is 0 Å². The van der Waals surface area contributed by atoms with Gasteiger partial charge in [-0.3, -0.25) is 0 Å². The van der Waals surface area contributed by atoms with Gasteiger partial charge in [0.05, 0.1) is 0 Å². The van der Waals surface area contributed by atoms with Crippen LogP contribution in [-0.4, -0.2) is 24.8 Å². The minimum atomic E-state index is -4.19. The van der Waals surface area contributed by atoms with Gasteiger partial charge in [-0.05, 0) is 19.4 Å². The van der Waals surface area contributed by atoms with Crippen molar-refractivity contribution in [2.24, 2.45) is 5.73 Å². The SMILES string of the molecule is NC1CCCNC1C(F)(F)F. The highest BCUT2D eigenvalue weighted by molar-refractivity contribution is 4.88. The van der Waals surface area contributed by atoms with Crippen molar-refractivity contribution in [3.8, 4) is 0 Å². The van der Waals surface area contributed by atoms with Crippen LogP contribution in [0.2, 0.25) is 0 Å². The molecular weight excluding hydrogens is 157 g/mol. The minimum absolute atomic E-state index is 0.415. The monoisotopic (exact) mass is 168 g/mol. The Hall–Kier alpha value is -0.290. The highest BCUT2D eigenvalue weighted by Crippen LogP contribution is 2.25. The standard InChI is InChI=1S/C6H11F3N2/c7-6(8,9)5-4(10)2-1-3-11-5/h4-5,11H,1-3,10H2. The number of piperidine rings is 1. The Morgan fingerprint density at radius 1 is 1.36 bits per heavy atom. The van der Waals surface area contributed by atoms with Gasteiger partial charge in [0.2, 0.25) is 0 Å². The fourth-order valence-electron chi connectivity index (χ4n) is 1.27. The van der Waals surface area contributed by atoms with Crippen LogP contribution >= 0.6 is 0 Å². The Bertz CT molecular complexity index is 134. The lowest BCUT2D eigenvalue weighted by atomic mass is 9.99. The third kappa shape index (κ3) is 2.07. The van der Waals surface area contributed by atoms with Crippen LogP contribution in [-0.2, 0) is 0 Å². The quantitative estimate of drug-likeness (QED) is 0.556. The summed E-state index contributed by atoms with van der Waals surface area (Å²) in [7, 11) is 0. The molecule has 1 fully saturated rings. The fourth-order valence-corrected chi connectivity index (χ4v) is 1.27. The average Bonchev–Trinajstić information content (AvgIpc) is 1.86. The smallest absolute Gasteiger partial charge is 0.326 e. The van der Waals surface area contributed by atoms with E-state index in [1.165, 1.54) is 0 Å². The van der Waals surface area contributed by atoms with Gasteiger partial charge in [0, 0.05) is 6.04 Å². The molecule has 11 heavy (non-hydrogen) atoms. The second kappa shape index (κ2) is 2.98. The topological polar surface area (TPSA) is 38.0 Å². The lowest BCUT2D eigenvalue weighted by molar-refractivity contribution is -0.163. The Morgan fingerprint density at radius 2 is 2.00 bits per heavy atom. The maximum Gasteiger partial charge on any atom is 0.405 e. The van der Waals surface area contributed by atoms with Crippen LogP contribution in [0.1, 0.15) is 12.8 Å². The van der Waals surface area contributed by atoms with Crippen LogP contribution in [0.4, 0.5) is 13.2 Å². The van der Waals surface area contributed by atoms with E-state index in [0.29, 0.717) is 13.0 Å². The van der Waals surface area contributed by atoms with E-state index in [1.54, 1.807) is 0 Å². The zero-order valence-corrected chi connectivity index (χ0v) is 5.99. The first-order chi connectivity index (χ1) is 5.02. The van der Waals surface area contributed by atoms with E-state index in [2.05, 4.69) is 5.32 Å². The number of hydrogen-bond donors (Lipinski definition) is 2. The first-order valence-electron chi connectivity index (χ1n) is 3.57. The van der Waals surface area contributed by atoms with Crippen molar-refractivity contribution in [3.05, 3.63) is 0 Å². The van der Waals surface area contributed by atoms with Gasteiger partial charge in [-0.1, -0.05) is 0 Å². The van der Waals surface area contributed by atoms with E-state index in [0.717, 1.165) is 6.42 Å². The van der Waals surface area contributed by atoms with Gasteiger partial charge in [0.15, 0.2) is 0 Å². The molecule has 0 spiro atoms. The lowest BCUT2D eigenvalue weighted by Crippen LogP contribution is -2.57. The predicted octanol–water partition coefficient (Wildman–Crippen LogP) is 0.628. The Kier molecular flexibility index (Phi) is 2.39. The summed E-state index contributed by atoms with van der Waals surface area (Å²) in [5, 5.41) is 2.36. The zero-order valence-electron chi connectivity index (χ0n) is 5.99. The van der Waals surface area contributed by atoms with Crippen LogP contribution in [0, 0.1) is 0 Å². The summed E-state index contributed by atoms with van der Waals surface area (Å²) in [6, 6.07) is -2.28. The molecule has 0 bridgehead atoms. The Balaban J connectivity index is 2.55. The predicted molar refractivity (Wildman–Crippen MR) is 35.1 cm³/mol. The van der Waals surface area contributed by atoms with Crippen molar-refractivity contribution in [2.45, 2.75) is 31.1 Å². The van der Waals surface area contributed by atoms with Crippen LogP contribution in [0.15, 0.2) is 0 Å². The van der Waals surface area contributed by atoms with Crippen molar-refractivity contribution in [2.75, 3.05) is 6.54 Å². The van der Waals surface area contributed by atoms with Crippen LogP contribution in [0.25, 0.3) is 0 Å². The average molecular weight is 168 g/mol. The van der Waals surface area contributed by atoms with Crippen molar-refractivity contribution >= 4 is 0 Å². The van der Waals surface area contributed by atoms with E-state index in [-0.39, 0.29) is 0 Å². The maximum atomic E-state index is 12.0. The molecule has 1 aliphatic rings. The minimum Gasteiger partial charge on any atom is -0.326 e. The van der Waals surface area contributed by atoms with Crippen LogP contribution < -0.4 is 11.1 Å². The van der Waals surface area contributed by atoms with Crippen LogP contribution in [0.5, 0.6) is 0 Å². The van der Waals surface area contributed by atoms with Gasteiger partial charge in [0.25, 0.3) is 0 Å². The third-order valence-electron chi connectivity index (χ3n) is 1.86. The largest absolute Gasteiger partial charge is 0.405 e. The molecule has 1 saturated heterocycles. The molecule has 0 aromatic carbocycles. The molecule has 2 atom stereocenters. The molecule has 0 amide bonds. The summed E-state index contributed by atoms with van der Waals surface area (Å²) in [6.45, 7) is 0.415. The van der Waals surface area contributed by atoms with Crippen molar-refractivity contribution in [1.82, 2.24) is 5.32 Å². The van der Waals surface area contributed by atoms with E-state index >= 15 is 0 Å². The number of nitrogens with one attached hydrogen (secondary N) is 1. The van der Waals surface area contributed by atoms with Crippen LogP contribution in [0.3, 0.4) is 0 Å². The lowest BCUT2D eigenvalue weighted by Gasteiger charge is -2.31. The van der Waals surface area contributed by atoms with E-state index < -0.39 is 18.3 Å². The van der Waals surface area contributed by atoms with Gasteiger partial charge >= 0.3 is 6.18 Å². The normalized spacial score (nSPS) is 33.8. The molecular formula is C6H11F3N2. The van der Waals surface area contributed by atoms with Crippen molar-refractivity contribution in [3.63, 3.8) is 0 Å². The molecule has 3 N–H and O–H groups in total. The van der Waals surface area contributed by atoms with Crippen molar-refractivity contribution < 1.29 is 13.2 Å². The summed E-state index contributed by atoms with van der Waals surface area (Å²) in [5.74, 6) is 0. The van der Waals surface area contributed by atoms with E-state index in [9.17, 15) is 13.2 Å². The Morgan fingerprint density at radius 3 is 2.36 bits per heavy atom. The highest BCUT2D eigenvalue weighted by Gasteiger charge is 2.44. The first kappa shape index (κ1) is 8.80. The summed E-state index contributed by atoms with van der Waals surface area (Å²) in [4.78, 5) is 0. The number of rotatable bonds is 0. The fraction of sp³-hybridized carbons (Fsp3) is 1.00. The molecule has 1 aliphatic heterocycles. The number of halogens is 3. The van der Waals surface area contributed by atoms with Gasteiger partial charge in [0.1, 0.15) is 6.04 Å². The Labute approximate surface area is 62.9 Å². The van der Waals surface area contributed by atoms with E-state index in [1.807, 2.05) is 0 Å². The summed E-state index contributed by atoms with van der Waals surface area (Å²) < 4.78 is 36.1. The number of alkyl halides is 3.